The van der Waals surface area contributed by atoms with Gasteiger partial charge in [-0.3, -0.25) is 9.69 Å². The van der Waals surface area contributed by atoms with Gasteiger partial charge in [0.2, 0.25) is 6.41 Å². The number of rotatable bonds is 5. The Hall–Kier alpha value is -3.65. The van der Waals surface area contributed by atoms with Gasteiger partial charge in [0.25, 0.3) is 0 Å². The van der Waals surface area contributed by atoms with E-state index in [0.29, 0.717) is 0 Å². The van der Waals surface area contributed by atoms with Crippen LogP contribution in [0.3, 0.4) is 0 Å². The van der Waals surface area contributed by atoms with Gasteiger partial charge in [0.15, 0.2) is 0 Å². The molecule has 0 atom stereocenters. The van der Waals surface area contributed by atoms with Gasteiger partial charge in [0.1, 0.15) is 0 Å². The van der Waals surface area contributed by atoms with E-state index in [0.717, 1.165) is 17.8 Å². The summed E-state index contributed by atoms with van der Waals surface area (Å²) in [6, 6.07) is 25.3. The second-order valence-electron chi connectivity index (χ2n) is 9.12. The number of carbonyl (C=O) groups is 1. The Morgan fingerprint density at radius 2 is 0.818 bits per heavy atom. The maximum atomic E-state index is 12.0. The Morgan fingerprint density at radius 1 is 0.515 bits per heavy atom. The first-order chi connectivity index (χ1) is 15.8. The molecule has 4 aromatic carbocycles. The second-order valence-corrected chi connectivity index (χ2v) is 9.12. The zero-order valence-electron chi connectivity index (χ0n) is 20.4. The van der Waals surface area contributed by atoms with Crippen molar-refractivity contribution in [1.82, 2.24) is 0 Å². The highest BCUT2D eigenvalue weighted by Crippen LogP contribution is 2.33. The van der Waals surface area contributed by atoms with E-state index in [1.54, 1.807) is 4.90 Å². The Bertz CT molecular complexity index is 1170. The van der Waals surface area contributed by atoms with Crippen LogP contribution in [0.4, 0.5) is 11.4 Å². The van der Waals surface area contributed by atoms with E-state index in [2.05, 4.69) is 90.1 Å². The van der Waals surface area contributed by atoms with E-state index in [4.69, 9.17) is 0 Å². The first kappa shape index (κ1) is 22.5. The predicted molar refractivity (Wildman–Crippen MR) is 140 cm³/mol. The number of hydrogen-bond donors (Lipinski definition) is 0. The van der Waals surface area contributed by atoms with Gasteiger partial charge in [-0.25, -0.2) is 0 Å². The van der Waals surface area contributed by atoms with Crippen molar-refractivity contribution in [3.63, 3.8) is 0 Å². The average molecular weight is 434 g/mol. The molecule has 2 heteroatoms. The quantitative estimate of drug-likeness (QED) is 0.291. The van der Waals surface area contributed by atoms with E-state index >= 15 is 0 Å². The molecule has 0 unspecified atom stereocenters. The summed E-state index contributed by atoms with van der Waals surface area (Å²) < 4.78 is 0. The molecule has 0 aliphatic carbocycles. The molecule has 1 amide bonds. The monoisotopic (exact) mass is 433 g/mol. The fourth-order valence-electron chi connectivity index (χ4n) is 5.12. The maximum absolute atomic E-state index is 12.0. The lowest BCUT2D eigenvalue weighted by Gasteiger charge is -2.20. The Morgan fingerprint density at radius 3 is 1.09 bits per heavy atom. The third-order valence-electron chi connectivity index (χ3n) is 6.33. The van der Waals surface area contributed by atoms with Crippen LogP contribution in [0.1, 0.15) is 33.4 Å². The zero-order valence-corrected chi connectivity index (χ0v) is 20.4. The molecule has 166 valence electrons. The van der Waals surface area contributed by atoms with Gasteiger partial charge < -0.3 is 0 Å². The van der Waals surface area contributed by atoms with Crippen molar-refractivity contribution in [1.29, 1.82) is 0 Å². The molecule has 0 spiro atoms. The minimum atomic E-state index is 0.853. The number of carbonyl (C=O) groups excluding carboxylic acids is 1. The van der Waals surface area contributed by atoms with E-state index in [9.17, 15) is 4.79 Å². The van der Waals surface area contributed by atoms with Crippen LogP contribution >= 0.6 is 0 Å². The molecule has 0 aliphatic rings. The smallest absolute Gasteiger partial charge is 0.218 e. The van der Waals surface area contributed by atoms with E-state index in [-0.39, 0.29) is 0 Å². The van der Waals surface area contributed by atoms with Crippen LogP contribution in [0, 0.1) is 41.5 Å². The summed E-state index contributed by atoms with van der Waals surface area (Å²) in [5.74, 6) is 0. The molecule has 33 heavy (non-hydrogen) atoms. The normalized spacial score (nSPS) is 10.8. The fourth-order valence-corrected chi connectivity index (χ4v) is 5.12. The summed E-state index contributed by atoms with van der Waals surface area (Å²) >= 11 is 0. The molecule has 0 saturated carbocycles. The Kier molecular flexibility index (Phi) is 6.20. The molecule has 0 aliphatic heterocycles. The largest absolute Gasteiger partial charge is 0.284 e. The SMILES string of the molecule is Cc1cc(C)c(-c2ccc(N(C=O)c3ccc(-c4c(C)cc(C)cc4C)cc3)cc2)c(C)c1. The van der Waals surface area contributed by atoms with Crippen LogP contribution in [0.25, 0.3) is 22.3 Å². The topological polar surface area (TPSA) is 20.3 Å². The molecule has 0 bridgehead atoms. The molecule has 0 N–H and O–H groups in total. The highest BCUT2D eigenvalue weighted by Gasteiger charge is 2.12. The lowest BCUT2D eigenvalue weighted by molar-refractivity contribution is -0.106. The number of amides is 1. The third kappa shape index (κ3) is 4.47. The number of nitrogens with zero attached hydrogens (tertiary/aromatic N) is 1. The first-order valence-corrected chi connectivity index (χ1v) is 11.4. The minimum Gasteiger partial charge on any atom is -0.284 e. The van der Waals surface area contributed by atoms with Crippen LogP contribution < -0.4 is 4.90 Å². The third-order valence-corrected chi connectivity index (χ3v) is 6.33. The Balaban J connectivity index is 1.64. The lowest BCUT2D eigenvalue weighted by atomic mass is 9.93. The predicted octanol–water partition coefficient (Wildman–Crippen LogP) is 8.17. The molecule has 0 aromatic heterocycles. The average Bonchev–Trinajstić information content (AvgIpc) is 2.75. The molecule has 0 heterocycles. The van der Waals surface area contributed by atoms with Crippen molar-refractivity contribution in [2.24, 2.45) is 0 Å². The van der Waals surface area contributed by atoms with E-state index in [1.807, 2.05) is 24.3 Å². The summed E-state index contributed by atoms with van der Waals surface area (Å²) in [6.45, 7) is 12.9. The van der Waals surface area contributed by atoms with Crippen LogP contribution in [0.2, 0.25) is 0 Å². The summed E-state index contributed by atoms with van der Waals surface area (Å²) in [6.07, 6.45) is 0.884. The lowest BCUT2D eigenvalue weighted by Crippen LogP contribution is -2.13. The number of benzene rings is 4. The summed E-state index contributed by atoms with van der Waals surface area (Å²) in [5.41, 5.74) is 14.2. The zero-order chi connectivity index (χ0) is 23.7. The molecule has 0 saturated heterocycles. The standard InChI is InChI=1S/C31H31NO/c1-20-15-22(3)30(23(4)16-20)26-7-11-28(12-8-26)32(19-33)29-13-9-27(10-14-29)31-24(5)17-21(2)18-25(31)6/h7-19H,1-6H3. The minimum absolute atomic E-state index is 0.853. The highest BCUT2D eigenvalue weighted by atomic mass is 16.1. The van der Waals surface area contributed by atoms with Crippen molar-refractivity contribution in [3.05, 3.63) is 106 Å². The molecule has 0 fully saturated rings. The first-order valence-electron chi connectivity index (χ1n) is 11.4. The van der Waals surface area contributed by atoms with Crippen LogP contribution in [0.15, 0.2) is 72.8 Å². The number of hydrogen-bond acceptors (Lipinski definition) is 1. The van der Waals surface area contributed by atoms with Gasteiger partial charge in [0.05, 0.1) is 0 Å². The highest BCUT2D eigenvalue weighted by molar-refractivity contribution is 5.88. The van der Waals surface area contributed by atoms with Crippen molar-refractivity contribution in [3.8, 4) is 22.3 Å². The molecular weight excluding hydrogens is 402 g/mol. The van der Waals surface area contributed by atoms with Crippen molar-refractivity contribution >= 4 is 17.8 Å². The van der Waals surface area contributed by atoms with E-state index < -0.39 is 0 Å². The number of anilines is 2. The second kappa shape index (κ2) is 9.07. The van der Waals surface area contributed by atoms with Gasteiger partial charge >= 0.3 is 0 Å². The van der Waals surface area contributed by atoms with Crippen LogP contribution in [-0.2, 0) is 4.79 Å². The van der Waals surface area contributed by atoms with Crippen molar-refractivity contribution in [2.75, 3.05) is 4.90 Å². The summed E-state index contributed by atoms with van der Waals surface area (Å²) in [7, 11) is 0. The van der Waals surface area contributed by atoms with Gasteiger partial charge in [-0.05, 0) is 110 Å². The van der Waals surface area contributed by atoms with Gasteiger partial charge in [-0.15, -0.1) is 0 Å². The van der Waals surface area contributed by atoms with Crippen molar-refractivity contribution < 1.29 is 4.79 Å². The fraction of sp³-hybridized carbons (Fsp3) is 0.194. The molecule has 4 aromatic rings. The molecule has 0 radical (unpaired) electrons. The molecular formula is C31H31NO. The molecule has 2 nitrogen and oxygen atoms in total. The Labute approximate surface area is 197 Å². The summed E-state index contributed by atoms with van der Waals surface area (Å²) in [4.78, 5) is 13.7. The van der Waals surface area contributed by atoms with E-state index in [1.165, 1.54) is 55.6 Å². The van der Waals surface area contributed by atoms with Crippen LogP contribution in [0.5, 0.6) is 0 Å². The van der Waals surface area contributed by atoms with Crippen molar-refractivity contribution in [2.45, 2.75) is 41.5 Å². The van der Waals surface area contributed by atoms with Gasteiger partial charge in [0, 0.05) is 11.4 Å². The maximum Gasteiger partial charge on any atom is 0.218 e. The van der Waals surface area contributed by atoms with Gasteiger partial charge in [-0.2, -0.15) is 0 Å². The number of aryl methyl sites for hydroxylation is 6. The van der Waals surface area contributed by atoms with Crippen LogP contribution in [-0.4, -0.2) is 6.41 Å². The molecule has 4 rings (SSSR count). The van der Waals surface area contributed by atoms with Gasteiger partial charge in [-0.1, -0.05) is 59.7 Å². The summed E-state index contributed by atoms with van der Waals surface area (Å²) in [5, 5.41) is 0.